The summed E-state index contributed by atoms with van der Waals surface area (Å²) in [6.07, 6.45) is 11.6. The Kier molecular flexibility index (Phi) is 3.56. The lowest BCUT2D eigenvalue weighted by molar-refractivity contribution is 0.409. The predicted molar refractivity (Wildman–Crippen MR) is 98.8 cm³/mol. The van der Waals surface area contributed by atoms with Crippen LogP contribution in [0.5, 0.6) is 0 Å². The van der Waals surface area contributed by atoms with Gasteiger partial charge in [0.15, 0.2) is 5.65 Å². The van der Waals surface area contributed by atoms with Gasteiger partial charge in [0, 0.05) is 36.2 Å². The Hall–Kier alpha value is -3.00. The normalized spacial score (nSPS) is 20.7. The van der Waals surface area contributed by atoms with Gasteiger partial charge in [-0.05, 0) is 43.9 Å². The van der Waals surface area contributed by atoms with Gasteiger partial charge in [-0.15, -0.1) is 5.10 Å². The SMILES string of the molecule is N[C@H]1CC[C@@H](Nc2ncc3c(-c4ccc5nccn5n4)ccn3n2)CC1. The van der Waals surface area contributed by atoms with Crippen molar-refractivity contribution in [3.05, 3.63) is 43.0 Å². The van der Waals surface area contributed by atoms with Crippen molar-refractivity contribution in [3.8, 4) is 11.3 Å². The van der Waals surface area contributed by atoms with Crippen LogP contribution in [0.1, 0.15) is 25.7 Å². The lowest BCUT2D eigenvalue weighted by Gasteiger charge is -2.26. The largest absolute Gasteiger partial charge is 0.350 e. The van der Waals surface area contributed by atoms with E-state index in [4.69, 9.17) is 5.73 Å². The molecule has 0 radical (unpaired) electrons. The van der Waals surface area contributed by atoms with Gasteiger partial charge in [0.25, 0.3) is 0 Å². The first kappa shape index (κ1) is 15.3. The van der Waals surface area contributed by atoms with Crippen molar-refractivity contribution in [2.75, 3.05) is 5.32 Å². The van der Waals surface area contributed by atoms with E-state index in [9.17, 15) is 0 Å². The molecule has 0 amide bonds. The van der Waals surface area contributed by atoms with Crippen LogP contribution < -0.4 is 11.1 Å². The summed E-state index contributed by atoms with van der Waals surface area (Å²) in [6.45, 7) is 0. The molecule has 8 heteroatoms. The molecule has 1 fully saturated rings. The Morgan fingerprint density at radius 1 is 0.962 bits per heavy atom. The number of fused-ring (bicyclic) bond motifs is 2. The third kappa shape index (κ3) is 2.68. The summed E-state index contributed by atoms with van der Waals surface area (Å²) in [5, 5.41) is 12.6. The van der Waals surface area contributed by atoms with Crippen molar-refractivity contribution in [2.24, 2.45) is 5.73 Å². The molecule has 26 heavy (non-hydrogen) atoms. The van der Waals surface area contributed by atoms with Crippen LogP contribution in [0.2, 0.25) is 0 Å². The molecular weight excluding hydrogens is 328 g/mol. The fourth-order valence-corrected chi connectivity index (χ4v) is 3.59. The summed E-state index contributed by atoms with van der Waals surface area (Å²) in [5.74, 6) is 0.651. The zero-order valence-electron chi connectivity index (χ0n) is 14.3. The number of hydrogen-bond acceptors (Lipinski definition) is 6. The van der Waals surface area contributed by atoms with Crippen LogP contribution in [0.25, 0.3) is 22.4 Å². The van der Waals surface area contributed by atoms with Gasteiger partial charge in [0.05, 0.1) is 17.4 Å². The van der Waals surface area contributed by atoms with Crippen molar-refractivity contribution in [2.45, 2.75) is 37.8 Å². The molecular formula is C18H20N8. The van der Waals surface area contributed by atoms with Crippen LogP contribution >= 0.6 is 0 Å². The molecule has 132 valence electrons. The predicted octanol–water partition coefficient (Wildman–Crippen LogP) is 2.12. The maximum Gasteiger partial charge on any atom is 0.241 e. The average Bonchev–Trinajstić information content (AvgIpc) is 3.29. The number of nitrogens with zero attached hydrogens (tertiary/aromatic N) is 6. The van der Waals surface area contributed by atoms with Crippen LogP contribution in [0.3, 0.4) is 0 Å². The van der Waals surface area contributed by atoms with E-state index in [0.29, 0.717) is 18.0 Å². The van der Waals surface area contributed by atoms with Gasteiger partial charge in [-0.3, -0.25) is 0 Å². The third-order valence-electron chi connectivity index (χ3n) is 5.05. The van der Waals surface area contributed by atoms with Gasteiger partial charge in [-0.1, -0.05) is 0 Å². The highest BCUT2D eigenvalue weighted by Crippen LogP contribution is 2.24. The van der Waals surface area contributed by atoms with Gasteiger partial charge in [-0.25, -0.2) is 19.0 Å². The van der Waals surface area contributed by atoms with Crippen molar-refractivity contribution >= 4 is 17.1 Å². The molecule has 3 N–H and O–H groups in total. The Morgan fingerprint density at radius 3 is 2.73 bits per heavy atom. The van der Waals surface area contributed by atoms with E-state index in [1.807, 2.05) is 41.3 Å². The van der Waals surface area contributed by atoms with E-state index in [0.717, 1.165) is 48.1 Å². The first-order valence-corrected chi connectivity index (χ1v) is 8.93. The Labute approximate surface area is 150 Å². The van der Waals surface area contributed by atoms with Crippen LogP contribution in [-0.4, -0.2) is 41.3 Å². The molecule has 0 bridgehead atoms. The number of nitrogens with two attached hydrogens (primary N) is 1. The number of imidazole rings is 1. The van der Waals surface area contributed by atoms with Gasteiger partial charge in [0.2, 0.25) is 5.95 Å². The van der Waals surface area contributed by atoms with E-state index in [-0.39, 0.29) is 0 Å². The number of nitrogens with one attached hydrogen (secondary N) is 1. The molecule has 0 aliphatic heterocycles. The molecule has 8 nitrogen and oxygen atoms in total. The maximum atomic E-state index is 5.98. The summed E-state index contributed by atoms with van der Waals surface area (Å²) in [4.78, 5) is 8.74. The van der Waals surface area contributed by atoms with E-state index < -0.39 is 0 Å². The minimum absolute atomic E-state index is 0.337. The minimum Gasteiger partial charge on any atom is -0.350 e. The number of aromatic nitrogens is 6. The summed E-state index contributed by atoms with van der Waals surface area (Å²) in [5.41, 5.74) is 9.59. The van der Waals surface area contributed by atoms with Gasteiger partial charge in [-0.2, -0.15) is 5.10 Å². The monoisotopic (exact) mass is 348 g/mol. The van der Waals surface area contributed by atoms with Gasteiger partial charge < -0.3 is 11.1 Å². The first-order chi connectivity index (χ1) is 12.8. The van der Waals surface area contributed by atoms with E-state index >= 15 is 0 Å². The van der Waals surface area contributed by atoms with Crippen molar-refractivity contribution in [1.82, 2.24) is 29.2 Å². The molecule has 4 heterocycles. The van der Waals surface area contributed by atoms with Crippen molar-refractivity contribution in [1.29, 1.82) is 0 Å². The zero-order chi connectivity index (χ0) is 17.5. The summed E-state index contributed by atoms with van der Waals surface area (Å²) < 4.78 is 3.61. The third-order valence-corrected chi connectivity index (χ3v) is 5.05. The zero-order valence-corrected chi connectivity index (χ0v) is 14.3. The van der Waals surface area contributed by atoms with Crippen molar-refractivity contribution < 1.29 is 0 Å². The lowest BCUT2D eigenvalue weighted by Crippen LogP contribution is -2.33. The molecule has 4 aromatic heterocycles. The number of rotatable bonds is 3. The highest BCUT2D eigenvalue weighted by molar-refractivity contribution is 5.78. The lowest BCUT2D eigenvalue weighted by atomic mass is 9.92. The Morgan fingerprint density at radius 2 is 1.85 bits per heavy atom. The van der Waals surface area contributed by atoms with Gasteiger partial charge >= 0.3 is 0 Å². The average molecular weight is 348 g/mol. The Bertz CT molecular complexity index is 1060. The quantitative estimate of drug-likeness (QED) is 0.588. The molecule has 1 saturated carbocycles. The molecule has 1 aliphatic rings. The standard InChI is InChI=1S/C18H20N8/c19-12-1-3-13(4-2-12)22-18-21-11-16-14(7-9-25(16)24-18)15-5-6-17-20-8-10-26(17)23-15/h5-13H,1-4,19H2,(H,22,24)/t12-,13+. The molecule has 4 aromatic rings. The Balaban J connectivity index is 1.44. The maximum absolute atomic E-state index is 5.98. The highest BCUT2D eigenvalue weighted by Gasteiger charge is 2.19. The molecule has 5 rings (SSSR count). The van der Waals surface area contributed by atoms with E-state index in [2.05, 4.69) is 25.5 Å². The van der Waals surface area contributed by atoms with Crippen LogP contribution in [0.4, 0.5) is 5.95 Å². The smallest absolute Gasteiger partial charge is 0.241 e. The van der Waals surface area contributed by atoms with Crippen molar-refractivity contribution in [3.63, 3.8) is 0 Å². The number of hydrogen-bond donors (Lipinski definition) is 2. The molecule has 0 aromatic carbocycles. The molecule has 1 aliphatic carbocycles. The second-order valence-electron chi connectivity index (χ2n) is 6.85. The van der Waals surface area contributed by atoms with E-state index in [1.165, 1.54) is 0 Å². The molecule has 0 saturated heterocycles. The second-order valence-corrected chi connectivity index (χ2v) is 6.85. The highest BCUT2D eigenvalue weighted by atomic mass is 15.3. The van der Waals surface area contributed by atoms with Crippen LogP contribution in [-0.2, 0) is 0 Å². The number of anilines is 1. The molecule has 0 unspecified atom stereocenters. The molecule has 0 spiro atoms. The topological polar surface area (TPSA) is 98.4 Å². The summed E-state index contributed by atoms with van der Waals surface area (Å²) in [7, 11) is 0. The van der Waals surface area contributed by atoms with Gasteiger partial charge in [0.1, 0.15) is 0 Å². The summed E-state index contributed by atoms with van der Waals surface area (Å²) in [6, 6.07) is 6.67. The fourth-order valence-electron chi connectivity index (χ4n) is 3.59. The van der Waals surface area contributed by atoms with Crippen LogP contribution in [0, 0.1) is 0 Å². The van der Waals surface area contributed by atoms with E-state index in [1.54, 1.807) is 10.7 Å². The van der Waals surface area contributed by atoms with Crippen LogP contribution in [0.15, 0.2) is 43.0 Å². The minimum atomic E-state index is 0.337. The summed E-state index contributed by atoms with van der Waals surface area (Å²) >= 11 is 0. The first-order valence-electron chi connectivity index (χ1n) is 8.93. The molecule has 0 atom stereocenters. The fraction of sp³-hybridized carbons (Fsp3) is 0.333. The second kappa shape index (κ2) is 6.06.